The van der Waals surface area contributed by atoms with Crippen molar-refractivity contribution in [2.75, 3.05) is 0 Å². The van der Waals surface area contributed by atoms with Crippen LogP contribution in [0.15, 0.2) is 29.0 Å². The first kappa shape index (κ1) is 15.0. The quantitative estimate of drug-likeness (QED) is 0.878. The third-order valence-corrected chi connectivity index (χ3v) is 3.41. The molecule has 0 aliphatic heterocycles. The zero-order chi connectivity index (χ0) is 14.5. The molecule has 2 aromatic rings. The SMILES string of the molecule is CCCn1ncnc1COc1cc(Br)ccc1[C@@H](C)O. The van der Waals surface area contributed by atoms with Crippen LogP contribution in [-0.4, -0.2) is 19.9 Å². The summed E-state index contributed by atoms with van der Waals surface area (Å²) in [7, 11) is 0. The summed E-state index contributed by atoms with van der Waals surface area (Å²) in [5, 5.41) is 13.9. The van der Waals surface area contributed by atoms with Crippen LogP contribution in [-0.2, 0) is 13.2 Å². The van der Waals surface area contributed by atoms with E-state index in [2.05, 4.69) is 32.9 Å². The highest BCUT2D eigenvalue weighted by Gasteiger charge is 2.11. The summed E-state index contributed by atoms with van der Waals surface area (Å²) in [4.78, 5) is 4.20. The van der Waals surface area contributed by atoms with Gasteiger partial charge in [0.1, 0.15) is 18.7 Å². The molecule has 5 nitrogen and oxygen atoms in total. The van der Waals surface area contributed by atoms with Crippen LogP contribution in [0.25, 0.3) is 0 Å². The van der Waals surface area contributed by atoms with Crippen molar-refractivity contribution in [2.24, 2.45) is 0 Å². The number of hydrogen-bond donors (Lipinski definition) is 1. The number of hydrogen-bond acceptors (Lipinski definition) is 4. The first-order chi connectivity index (χ1) is 9.61. The molecule has 20 heavy (non-hydrogen) atoms. The fourth-order valence-electron chi connectivity index (χ4n) is 1.92. The maximum atomic E-state index is 9.76. The highest BCUT2D eigenvalue weighted by atomic mass is 79.9. The van der Waals surface area contributed by atoms with Gasteiger partial charge in [-0.1, -0.05) is 28.9 Å². The average molecular weight is 340 g/mol. The molecule has 0 radical (unpaired) electrons. The van der Waals surface area contributed by atoms with Gasteiger partial charge in [0.25, 0.3) is 0 Å². The second kappa shape index (κ2) is 6.85. The van der Waals surface area contributed by atoms with Crippen LogP contribution in [0.3, 0.4) is 0 Å². The second-order valence-corrected chi connectivity index (χ2v) is 5.46. The Morgan fingerprint density at radius 2 is 2.25 bits per heavy atom. The summed E-state index contributed by atoms with van der Waals surface area (Å²) in [6, 6.07) is 5.58. The lowest BCUT2D eigenvalue weighted by molar-refractivity contribution is 0.189. The Labute approximate surface area is 126 Å². The topological polar surface area (TPSA) is 60.2 Å². The summed E-state index contributed by atoms with van der Waals surface area (Å²) in [5.74, 6) is 1.43. The van der Waals surface area contributed by atoms with E-state index in [9.17, 15) is 5.11 Å². The number of halogens is 1. The molecule has 0 saturated heterocycles. The largest absolute Gasteiger partial charge is 0.485 e. The van der Waals surface area contributed by atoms with Gasteiger partial charge in [-0.3, -0.25) is 0 Å². The Morgan fingerprint density at radius 1 is 1.45 bits per heavy atom. The highest BCUT2D eigenvalue weighted by molar-refractivity contribution is 9.10. The van der Waals surface area contributed by atoms with Gasteiger partial charge >= 0.3 is 0 Å². The fraction of sp³-hybridized carbons (Fsp3) is 0.429. The summed E-state index contributed by atoms with van der Waals surface area (Å²) in [6.07, 6.45) is 1.95. The minimum atomic E-state index is -0.577. The fourth-order valence-corrected chi connectivity index (χ4v) is 2.26. The molecular formula is C14H18BrN3O2. The van der Waals surface area contributed by atoms with Crippen LogP contribution < -0.4 is 4.74 Å². The lowest BCUT2D eigenvalue weighted by Crippen LogP contribution is -2.09. The zero-order valence-electron chi connectivity index (χ0n) is 11.6. The van der Waals surface area contributed by atoms with Crippen LogP contribution in [0.4, 0.5) is 0 Å². The van der Waals surface area contributed by atoms with Gasteiger partial charge in [0, 0.05) is 16.6 Å². The van der Waals surface area contributed by atoms with E-state index in [1.807, 2.05) is 22.9 Å². The number of aliphatic hydroxyl groups is 1. The van der Waals surface area contributed by atoms with Gasteiger partial charge in [-0.15, -0.1) is 0 Å². The Kier molecular flexibility index (Phi) is 5.14. The minimum Gasteiger partial charge on any atom is -0.485 e. The van der Waals surface area contributed by atoms with E-state index in [4.69, 9.17) is 4.74 Å². The number of nitrogens with zero attached hydrogens (tertiary/aromatic N) is 3. The second-order valence-electron chi connectivity index (χ2n) is 4.55. The monoisotopic (exact) mass is 339 g/mol. The number of rotatable bonds is 6. The Bertz CT molecular complexity index is 569. The van der Waals surface area contributed by atoms with E-state index >= 15 is 0 Å². The van der Waals surface area contributed by atoms with Gasteiger partial charge in [-0.25, -0.2) is 9.67 Å². The molecule has 1 heterocycles. The Morgan fingerprint density at radius 3 is 2.95 bits per heavy atom. The number of aryl methyl sites for hydroxylation is 1. The maximum absolute atomic E-state index is 9.76. The molecule has 0 fully saturated rings. The summed E-state index contributed by atoms with van der Waals surface area (Å²) in [5.41, 5.74) is 0.759. The van der Waals surface area contributed by atoms with Gasteiger partial charge in [-0.05, 0) is 25.5 Å². The van der Waals surface area contributed by atoms with E-state index in [1.165, 1.54) is 6.33 Å². The molecule has 0 aliphatic carbocycles. The average Bonchev–Trinajstić information content (AvgIpc) is 2.84. The van der Waals surface area contributed by atoms with Crippen molar-refractivity contribution in [3.8, 4) is 5.75 Å². The summed E-state index contributed by atoms with van der Waals surface area (Å²) < 4.78 is 8.54. The lowest BCUT2D eigenvalue weighted by Gasteiger charge is -2.14. The molecule has 1 aromatic carbocycles. The molecular weight excluding hydrogens is 322 g/mol. The number of aromatic nitrogens is 3. The summed E-state index contributed by atoms with van der Waals surface area (Å²) in [6.45, 7) is 4.96. The molecule has 0 amide bonds. The molecule has 0 aliphatic rings. The van der Waals surface area contributed by atoms with Gasteiger partial charge < -0.3 is 9.84 Å². The molecule has 1 N–H and O–H groups in total. The van der Waals surface area contributed by atoms with Crippen LogP contribution in [0.2, 0.25) is 0 Å². The van der Waals surface area contributed by atoms with Crippen LogP contribution in [0.1, 0.15) is 37.8 Å². The first-order valence-corrected chi connectivity index (χ1v) is 7.38. The molecule has 0 bridgehead atoms. The molecule has 108 valence electrons. The normalized spacial score (nSPS) is 12.4. The van der Waals surface area contributed by atoms with Crippen molar-refractivity contribution in [1.82, 2.24) is 14.8 Å². The van der Waals surface area contributed by atoms with Crippen LogP contribution in [0.5, 0.6) is 5.75 Å². The van der Waals surface area contributed by atoms with E-state index in [1.54, 1.807) is 6.92 Å². The van der Waals surface area contributed by atoms with Crippen molar-refractivity contribution in [3.63, 3.8) is 0 Å². The number of ether oxygens (including phenoxy) is 1. The van der Waals surface area contributed by atoms with Crippen molar-refractivity contribution in [1.29, 1.82) is 0 Å². The van der Waals surface area contributed by atoms with Crippen molar-refractivity contribution < 1.29 is 9.84 Å². The molecule has 0 unspecified atom stereocenters. The Hall–Kier alpha value is -1.40. The molecule has 0 saturated carbocycles. The standard InChI is InChI=1S/C14H18BrN3O2/c1-3-6-18-14(16-9-17-18)8-20-13-7-11(15)4-5-12(13)10(2)19/h4-5,7,9-10,19H,3,6,8H2,1-2H3/t10-/m1/s1. The lowest BCUT2D eigenvalue weighted by atomic mass is 10.1. The summed E-state index contributed by atoms with van der Waals surface area (Å²) >= 11 is 3.41. The molecule has 2 rings (SSSR count). The number of benzene rings is 1. The molecule has 1 atom stereocenters. The van der Waals surface area contributed by atoms with Gasteiger partial charge in [0.05, 0.1) is 6.10 Å². The van der Waals surface area contributed by atoms with E-state index < -0.39 is 6.10 Å². The third kappa shape index (κ3) is 3.58. The third-order valence-electron chi connectivity index (χ3n) is 2.91. The zero-order valence-corrected chi connectivity index (χ0v) is 13.2. The van der Waals surface area contributed by atoms with E-state index in [-0.39, 0.29) is 0 Å². The molecule has 6 heteroatoms. The minimum absolute atomic E-state index is 0.330. The van der Waals surface area contributed by atoms with E-state index in [0.717, 1.165) is 28.8 Å². The van der Waals surface area contributed by atoms with Crippen LogP contribution >= 0.6 is 15.9 Å². The van der Waals surface area contributed by atoms with Gasteiger partial charge in [-0.2, -0.15) is 5.10 Å². The predicted octanol–water partition coefficient (Wildman–Crippen LogP) is 3.08. The van der Waals surface area contributed by atoms with Crippen molar-refractivity contribution in [2.45, 2.75) is 39.5 Å². The van der Waals surface area contributed by atoms with E-state index in [0.29, 0.717) is 12.4 Å². The maximum Gasteiger partial charge on any atom is 0.164 e. The highest BCUT2D eigenvalue weighted by Crippen LogP contribution is 2.29. The van der Waals surface area contributed by atoms with Gasteiger partial charge in [0.15, 0.2) is 5.82 Å². The Balaban J connectivity index is 2.14. The first-order valence-electron chi connectivity index (χ1n) is 6.58. The van der Waals surface area contributed by atoms with Crippen molar-refractivity contribution in [3.05, 3.63) is 40.4 Å². The molecule has 0 spiro atoms. The molecule has 1 aromatic heterocycles. The van der Waals surface area contributed by atoms with Crippen molar-refractivity contribution >= 4 is 15.9 Å². The predicted molar refractivity (Wildman–Crippen MR) is 79.4 cm³/mol. The van der Waals surface area contributed by atoms with Gasteiger partial charge in [0.2, 0.25) is 0 Å². The smallest absolute Gasteiger partial charge is 0.164 e. The van der Waals surface area contributed by atoms with Crippen LogP contribution in [0, 0.1) is 0 Å². The number of aliphatic hydroxyl groups excluding tert-OH is 1.